The highest BCUT2D eigenvalue weighted by Crippen LogP contribution is 2.19. The van der Waals surface area contributed by atoms with Crippen LogP contribution in [0.3, 0.4) is 0 Å². The molecule has 0 saturated carbocycles. The van der Waals surface area contributed by atoms with E-state index in [9.17, 15) is 9.18 Å². The molecule has 2 aromatic rings. The highest BCUT2D eigenvalue weighted by molar-refractivity contribution is 5.87. The minimum atomic E-state index is -0.305. The smallest absolute Gasteiger partial charge is 0.310 e. The third-order valence-electron chi connectivity index (χ3n) is 2.29. The molecule has 0 radical (unpaired) electrons. The zero-order valence-corrected chi connectivity index (χ0v) is 8.21. The summed E-state index contributed by atoms with van der Waals surface area (Å²) in [6.45, 7) is 0. The molecule has 1 aromatic heterocycles. The van der Waals surface area contributed by atoms with Crippen molar-refractivity contribution in [1.82, 2.24) is 4.98 Å². The summed E-state index contributed by atoms with van der Waals surface area (Å²) in [5.74, 6) is -0.603. The van der Waals surface area contributed by atoms with E-state index >= 15 is 0 Å². The molecule has 78 valence electrons. The topological polar surface area (TPSA) is 42.1 Å². The molecule has 1 aromatic carbocycles. The highest BCUT2D eigenvalue weighted by atomic mass is 19.1. The molecule has 15 heavy (non-hydrogen) atoms. The molecule has 4 heteroatoms. The summed E-state index contributed by atoms with van der Waals surface area (Å²) in [4.78, 5) is 14.0. The third kappa shape index (κ3) is 1.83. The fraction of sp³-hybridized carbons (Fsp3) is 0.182. The van der Waals surface area contributed by atoms with E-state index in [1.807, 2.05) is 0 Å². The van der Waals surface area contributed by atoms with Gasteiger partial charge in [0.15, 0.2) is 0 Å². The molecule has 3 nitrogen and oxygen atoms in total. The number of benzene rings is 1. The zero-order chi connectivity index (χ0) is 10.8. The molecule has 0 aliphatic rings. The fourth-order valence-corrected chi connectivity index (χ4v) is 1.53. The van der Waals surface area contributed by atoms with Crippen LogP contribution in [0.25, 0.3) is 10.9 Å². The van der Waals surface area contributed by atoms with Gasteiger partial charge in [0.25, 0.3) is 0 Å². The Labute approximate surface area is 85.9 Å². The monoisotopic (exact) mass is 207 g/mol. The van der Waals surface area contributed by atoms with E-state index in [1.54, 1.807) is 12.3 Å². The number of aromatic amines is 1. The normalized spacial score (nSPS) is 10.5. The fourth-order valence-electron chi connectivity index (χ4n) is 1.53. The van der Waals surface area contributed by atoms with Crippen molar-refractivity contribution >= 4 is 16.9 Å². The molecule has 0 unspecified atom stereocenters. The lowest BCUT2D eigenvalue weighted by atomic mass is 10.1. The summed E-state index contributed by atoms with van der Waals surface area (Å²) in [7, 11) is 1.34. The number of carbonyl (C=O) groups is 1. The van der Waals surface area contributed by atoms with Gasteiger partial charge in [-0.1, -0.05) is 0 Å². The van der Waals surface area contributed by atoms with Crippen molar-refractivity contribution in [2.75, 3.05) is 7.11 Å². The average molecular weight is 207 g/mol. The number of nitrogens with one attached hydrogen (secondary N) is 1. The summed E-state index contributed by atoms with van der Waals surface area (Å²) in [5.41, 5.74) is 1.51. The van der Waals surface area contributed by atoms with Crippen LogP contribution in [0.5, 0.6) is 0 Å². The number of methoxy groups -OCH3 is 1. The standard InChI is InChI=1S/C11H10FNO2/c1-15-11(14)4-7-6-13-10-5-8(12)2-3-9(7)10/h2-3,5-6,13H,4H2,1H3. The van der Waals surface area contributed by atoms with Crippen LogP contribution in [0, 0.1) is 5.82 Å². The summed E-state index contributed by atoms with van der Waals surface area (Å²) in [6.07, 6.45) is 1.89. The van der Waals surface area contributed by atoms with Crippen molar-refractivity contribution in [3.8, 4) is 0 Å². The van der Waals surface area contributed by atoms with Crippen molar-refractivity contribution in [2.45, 2.75) is 6.42 Å². The Bertz CT molecular complexity index is 504. The zero-order valence-electron chi connectivity index (χ0n) is 8.21. The van der Waals surface area contributed by atoms with Gasteiger partial charge in [-0.15, -0.1) is 0 Å². The number of hydrogen-bond donors (Lipinski definition) is 1. The van der Waals surface area contributed by atoms with Crippen LogP contribution in [0.2, 0.25) is 0 Å². The number of H-pyrrole nitrogens is 1. The Morgan fingerprint density at radius 3 is 3.07 bits per heavy atom. The lowest BCUT2D eigenvalue weighted by molar-refractivity contribution is -0.139. The summed E-state index contributed by atoms with van der Waals surface area (Å²) in [5, 5.41) is 0.849. The Kier molecular flexibility index (Phi) is 2.41. The van der Waals surface area contributed by atoms with Gasteiger partial charge in [-0.05, 0) is 23.8 Å². The lowest BCUT2D eigenvalue weighted by Crippen LogP contribution is -2.03. The first-order chi connectivity index (χ1) is 7.20. The van der Waals surface area contributed by atoms with E-state index in [0.29, 0.717) is 5.52 Å². The van der Waals surface area contributed by atoms with Crippen LogP contribution < -0.4 is 0 Å². The van der Waals surface area contributed by atoms with Gasteiger partial charge in [0.05, 0.1) is 13.5 Å². The number of hydrogen-bond acceptors (Lipinski definition) is 2. The molecule has 2 rings (SSSR count). The molecule has 0 saturated heterocycles. The van der Waals surface area contributed by atoms with E-state index in [0.717, 1.165) is 10.9 Å². The van der Waals surface area contributed by atoms with Crippen molar-refractivity contribution in [2.24, 2.45) is 0 Å². The molecule has 1 N–H and O–H groups in total. The molecule has 0 bridgehead atoms. The Balaban J connectivity index is 2.41. The number of fused-ring (bicyclic) bond motifs is 1. The van der Waals surface area contributed by atoms with E-state index in [1.165, 1.54) is 19.2 Å². The lowest BCUT2D eigenvalue weighted by Gasteiger charge is -1.97. The van der Waals surface area contributed by atoms with Crippen LogP contribution >= 0.6 is 0 Å². The van der Waals surface area contributed by atoms with Crippen LogP contribution in [0.4, 0.5) is 4.39 Å². The van der Waals surface area contributed by atoms with Gasteiger partial charge >= 0.3 is 5.97 Å². The predicted octanol–water partition coefficient (Wildman–Crippen LogP) is 2.02. The largest absolute Gasteiger partial charge is 0.469 e. The number of ether oxygens (including phenoxy) is 1. The first kappa shape index (κ1) is 9.71. The Morgan fingerprint density at radius 2 is 2.33 bits per heavy atom. The van der Waals surface area contributed by atoms with Gasteiger partial charge in [-0.2, -0.15) is 0 Å². The molecule has 0 spiro atoms. The van der Waals surface area contributed by atoms with Gasteiger partial charge in [-0.3, -0.25) is 4.79 Å². The maximum absolute atomic E-state index is 12.9. The first-order valence-corrected chi connectivity index (χ1v) is 4.53. The number of aromatic nitrogens is 1. The molecule has 0 fully saturated rings. The number of halogens is 1. The van der Waals surface area contributed by atoms with Crippen molar-refractivity contribution < 1.29 is 13.9 Å². The van der Waals surface area contributed by atoms with E-state index in [4.69, 9.17) is 0 Å². The van der Waals surface area contributed by atoms with Crippen LogP contribution in [0.15, 0.2) is 24.4 Å². The van der Waals surface area contributed by atoms with E-state index < -0.39 is 0 Å². The Morgan fingerprint density at radius 1 is 1.53 bits per heavy atom. The minimum Gasteiger partial charge on any atom is -0.469 e. The molecular formula is C11H10FNO2. The third-order valence-corrected chi connectivity index (χ3v) is 2.29. The number of carbonyl (C=O) groups excluding carboxylic acids is 1. The maximum atomic E-state index is 12.9. The average Bonchev–Trinajstić information content (AvgIpc) is 2.60. The molecule has 1 heterocycles. The molecule has 0 aliphatic heterocycles. The van der Waals surface area contributed by atoms with Gasteiger partial charge in [0.1, 0.15) is 5.82 Å². The summed E-state index contributed by atoms with van der Waals surface area (Å²) in [6, 6.07) is 4.42. The number of esters is 1. The second-order valence-corrected chi connectivity index (χ2v) is 3.26. The van der Waals surface area contributed by atoms with E-state index in [-0.39, 0.29) is 18.2 Å². The number of rotatable bonds is 2. The quantitative estimate of drug-likeness (QED) is 0.765. The first-order valence-electron chi connectivity index (χ1n) is 4.53. The van der Waals surface area contributed by atoms with Crippen LogP contribution in [-0.4, -0.2) is 18.1 Å². The molecular weight excluding hydrogens is 197 g/mol. The highest BCUT2D eigenvalue weighted by Gasteiger charge is 2.08. The SMILES string of the molecule is COC(=O)Cc1c[nH]c2cc(F)ccc12. The second kappa shape index (κ2) is 3.73. The van der Waals surface area contributed by atoms with Crippen LogP contribution in [0.1, 0.15) is 5.56 Å². The summed E-state index contributed by atoms with van der Waals surface area (Å²) >= 11 is 0. The second-order valence-electron chi connectivity index (χ2n) is 3.26. The van der Waals surface area contributed by atoms with Gasteiger partial charge in [0, 0.05) is 17.1 Å². The maximum Gasteiger partial charge on any atom is 0.310 e. The van der Waals surface area contributed by atoms with Crippen molar-refractivity contribution in [1.29, 1.82) is 0 Å². The van der Waals surface area contributed by atoms with Gasteiger partial charge in [-0.25, -0.2) is 4.39 Å². The van der Waals surface area contributed by atoms with Gasteiger partial charge < -0.3 is 9.72 Å². The van der Waals surface area contributed by atoms with Crippen molar-refractivity contribution in [3.05, 3.63) is 35.8 Å². The molecule has 0 aliphatic carbocycles. The molecule has 0 amide bonds. The minimum absolute atomic E-state index is 0.197. The van der Waals surface area contributed by atoms with Crippen molar-refractivity contribution in [3.63, 3.8) is 0 Å². The van der Waals surface area contributed by atoms with E-state index in [2.05, 4.69) is 9.72 Å². The summed E-state index contributed by atoms with van der Waals surface area (Å²) < 4.78 is 17.4. The predicted molar refractivity (Wildman–Crippen MR) is 54.0 cm³/mol. The van der Waals surface area contributed by atoms with Crippen LogP contribution in [-0.2, 0) is 16.0 Å². The molecule has 0 atom stereocenters. The Hall–Kier alpha value is -1.84. The van der Waals surface area contributed by atoms with Gasteiger partial charge in [0.2, 0.25) is 0 Å².